The van der Waals surface area contributed by atoms with E-state index in [2.05, 4.69) is 11.4 Å². The first-order chi connectivity index (χ1) is 13.0. The summed E-state index contributed by atoms with van der Waals surface area (Å²) in [5.41, 5.74) is 4.00. The van der Waals surface area contributed by atoms with Gasteiger partial charge in [0.1, 0.15) is 5.75 Å². The Bertz CT molecular complexity index is 826. The number of rotatable bonds is 5. The summed E-state index contributed by atoms with van der Waals surface area (Å²) in [7, 11) is 3.95. The lowest BCUT2D eigenvalue weighted by Crippen LogP contribution is -2.41. The second-order valence-electron chi connectivity index (χ2n) is 7.74. The van der Waals surface area contributed by atoms with Crippen LogP contribution in [0.4, 0.5) is 5.69 Å². The summed E-state index contributed by atoms with van der Waals surface area (Å²) in [5.74, 6) is 1.12. The number of benzene rings is 2. The molecule has 2 aliphatic rings. The van der Waals surface area contributed by atoms with Gasteiger partial charge in [0.05, 0.1) is 18.8 Å². The van der Waals surface area contributed by atoms with Gasteiger partial charge in [-0.05, 0) is 66.3 Å². The molecule has 2 N–H and O–H groups in total. The lowest BCUT2D eigenvalue weighted by molar-refractivity contribution is 0.0235. The summed E-state index contributed by atoms with van der Waals surface area (Å²) >= 11 is 0. The molecule has 0 spiro atoms. The predicted octanol–water partition coefficient (Wildman–Crippen LogP) is 2.93. The lowest BCUT2D eigenvalue weighted by Gasteiger charge is -2.38. The Morgan fingerprint density at radius 3 is 2.59 bits per heavy atom. The molecule has 4 rings (SSSR count). The second-order valence-corrected chi connectivity index (χ2v) is 7.74. The fourth-order valence-electron chi connectivity index (χ4n) is 3.91. The molecule has 0 saturated heterocycles. The van der Waals surface area contributed by atoms with Crippen molar-refractivity contribution in [3.63, 3.8) is 0 Å². The Hall–Kier alpha value is -2.53. The van der Waals surface area contributed by atoms with E-state index in [0.717, 1.165) is 42.9 Å². The van der Waals surface area contributed by atoms with E-state index >= 15 is 0 Å². The van der Waals surface area contributed by atoms with Crippen LogP contribution in [0.2, 0.25) is 0 Å². The van der Waals surface area contributed by atoms with E-state index in [1.807, 2.05) is 55.4 Å². The number of anilines is 1. The molecule has 0 radical (unpaired) electrons. The first-order valence-corrected chi connectivity index (χ1v) is 9.53. The van der Waals surface area contributed by atoms with Gasteiger partial charge in [-0.3, -0.25) is 4.79 Å². The molecule has 1 heterocycles. The van der Waals surface area contributed by atoms with Crippen molar-refractivity contribution in [3.05, 3.63) is 59.2 Å². The largest absolute Gasteiger partial charge is 0.493 e. The monoisotopic (exact) mass is 366 g/mol. The zero-order valence-electron chi connectivity index (χ0n) is 15.8. The normalized spacial score (nSPS) is 21.6. The maximum Gasteiger partial charge on any atom is 0.251 e. The van der Waals surface area contributed by atoms with Crippen LogP contribution >= 0.6 is 0 Å². The number of nitrogens with one attached hydrogen (secondary N) is 1. The summed E-state index contributed by atoms with van der Waals surface area (Å²) in [5, 5.41) is 13.0. The number of aliphatic hydroxyl groups is 1. The molecular weight excluding hydrogens is 340 g/mol. The van der Waals surface area contributed by atoms with Gasteiger partial charge in [-0.25, -0.2) is 0 Å². The topological polar surface area (TPSA) is 61.8 Å². The third-order valence-electron chi connectivity index (χ3n) is 5.63. The number of fused-ring (bicyclic) bond motifs is 1. The molecule has 2 aromatic rings. The van der Waals surface area contributed by atoms with E-state index in [9.17, 15) is 9.90 Å². The minimum atomic E-state index is -0.258. The van der Waals surface area contributed by atoms with E-state index in [0.29, 0.717) is 5.56 Å². The summed E-state index contributed by atoms with van der Waals surface area (Å²) in [4.78, 5) is 14.9. The van der Waals surface area contributed by atoms with E-state index in [1.54, 1.807) is 0 Å². The van der Waals surface area contributed by atoms with Crippen molar-refractivity contribution >= 4 is 11.6 Å². The molecule has 5 heteroatoms. The van der Waals surface area contributed by atoms with Crippen LogP contribution in [-0.4, -0.2) is 37.8 Å². The highest BCUT2D eigenvalue weighted by Gasteiger charge is 2.36. The van der Waals surface area contributed by atoms with Gasteiger partial charge in [-0.2, -0.15) is 0 Å². The van der Waals surface area contributed by atoms with Gasteiger partial charge in [0, 0.05) is 31.8 Å². The van der Waals surface area contributed by atoms with Crippen molar-refractivity contribution in [1.29, 1.82) is 0 Å². The quantitative estimate of drug-likeness (QED) is 0.854. The van der Waals surface area contributed by atoms with Crippen molar-refractivity contribution in [2.45, 2.75) is 31.4 Å². The molecule has 1 aliphatic heterocycles. The maximum absolute atomic E-state index is 12.9. The third kappa shape index (κ3) is 3.65. The van der Waals surface area contributed by atoms with Gasteiger partial charge < -0.3 is 20.1 Å². The van der Waals surface area contributed by atoms with Crippen molar-refractivity contribution in [1.82, 2.24) is 5.32 Å². The molecule has 27 heavy (non-hydrogen) atoms. The van der Waals surface area contributed by atoms with Crippen LogP contribution in [0, 0.1) is 5.92 Å². The average molecular weight is 366 g/mol. The summed E-state index contributed by atoms with van der Waals surface area (Å²) < 4.78 is 5.60. The Kier molecular flexibility index (Phi) is 4.79. The third-order valence-corrected chi connectivity index (χ3v) is 5.63. The van der Waals surface area contributed by atoms with Gasteiger partial charge in [0.15, 0.2) is 0 Å². The second kappa shape index (κ2) is 7.24. The Labute approximate surface area is 160 Å². The number of carbonyl (C=O) groups excluding carboxylic acids is 1. The van der Waals surface area contributed by atoms with E-state index in [1.165, 1.54) is 5.56 Å². The lowest BCUT2D eigenvalue weighted by atomic mass is 9.74. The molecule has 1 amide bonds. The molecule has 1 fully saturated rings. The number of amides is 1. The molecule has 142 valence electrons. The Morgan fingerprint density at radius 2 is 1.93 bits per heavy atom. The molecule has 1 saturated carbocycles. The van der Waals surface area contributed by atoms with Crippen molar-refractivity contribution < 1.29 is 14.6 Å². The highest BCUT2D eigenvalue weighted by Crippen LogP contribution is 2.40. The predicted molar refractivity (Wildman–Crippen MR) is 105 cm³/mol. The van der Waals surface area contributed by atoms with Crippen LogP contribution < -0.4 is 15.0 Å². The van der Waals surface area contributed by atoms with Crippen LogP contribution in [0.25, 0.3) is 0 Å². The van der Waals surface area contributed by atoms with Gasteiger partial charge in [0.2, 0.25) is 0 Å². The fourth-order valence-corrected chi connectivity index (χ4v) is 3.91. The van der Waals surface area contributed by atoms with Gasteiger partial charge in [-0.15, -0.1) is 0 Å². The molecule has 0 unspecified atom stereocenters. The first kappa shape index (κ1) is 17.9. The first-order valence-electron chi connectivity index (χ1n) is 9.53. The van der Waals surface area contributed by atoms with E-state index in [4.69, 9.17) is 4.74 Å². The zero-order chi connectivity index (χ0) is 19.0. The zero-order valence-corrected chi connectivity index (χ0v) is 15.8. The Balaban J connectivity index is 1.55. The number of aliphatic hydroxyl groups excluding tert-OH is 1. The summed E-state index contributed by atoms with van der Waals surface area (Å²) in [6.07, 6.45) is 2.09. The molecule has 2 aromatic carbocycles. The smallest absolute Gasteiger partial charge is 0.251 e. The van der Waals surface area contributed by atoms with Crippen LogP contribution in [0.3, 0.4) is 0 Å². The number of carbonyl (C=O) groups is 1. The van der Waals surface area contributed by atoms with Crippen LogP contribution in [0.5, 0.6) is 5.75 Å². The number of hydrogen-bond donors (Lipinski definition) is 2. The molecule has 1 aliphatic carbocycles. The van der Waals surface area contributed by atoms with Crippen LogP contribution in [0.15, 0.2) is 42.5 Å². The Morgan fingerprint density at radius 1 is 1.19 bits per heavy atom. The van der Waals surface area contributed by atoms with Crippen molar-refractivity contribution in [2.75, 3.05) is 25.6 Å². The van der Waals surface area contributed by atoms with E-state index < -0.39 is 0 Å². The molecule has 0 aromatic heterocycles. The highest BCUT2D eigenvalue weighted by molar-refractivity contribution is 5.94. The van der Waals surface area contributed by atoms with Gasteiger partial charge in [0.25, 0.3) is 5.91 Å². The minimum Gasteiger partial charge on any atom is -0.493 e. The van der Waals surface area contributed by atoms with Crippen molar-refractivity contribution in [3.8, 4) is 5.75 Å². The standard InChI is InChI=1S/C22H26N2O3/c1-24(2)18-6-3-14(4-7-18)22(26)23-21(17-12-19(25)13-17)16-5-8-20-15(11-16)9-10-27-20/h3-8,11,17,19,21,25H,9-10,12-13H2,1-2H3,(H,23,26)/t17?,19?,21-/m1/s1. The molecular formula is C22H26N2O3. The van der Waals surface area contributed by atoms with Crippen LogP contribution in [0.1, 0.15) is 40.4 Å². The fraction of sp³-hybridized carbons (Fsp3) is 0.409. The van der Waals surface area contributed by atoms with E-state index in [-0.39, 0.29) is 24.0 Å². The average Bonchev–Trinajstić information content (AvgIpc) is 3.11. The van der Waals surface area contributed by atoms with Gasteiger partial charge in [-0.1, -0.05) is 6.07 Å². The SMILES string of the molecule is CN(C)c1ccc(C(=O)N[C@H](c2ccc3c(c2)CCO3)C2CC(O)C2)cc1. The molecule has 0 bridgehead atoms. The van der Waals surface area contributed by atoms with Gasteiger partial charge >= 0.3 is 0 Å². The summed E-state index contributed by atoms with van der Waals surface area (Å²) in [6.45, 7) is 0.718. The number of ether oxygens (including phenoxy) is 1. The highest BCUT2D eigenvalue weighted by atomic mass is 16.5. The number of hydrogen-bond acceptors (Lipinski definition) is 4. The number of nitrogens with zero attached hydrogens (tertiary/aromatic N) is 1. The molecule has 1 atom stereocenters. The maximum atomic E-state index is 12.9. The van der Waals surface area contributed by atoms with Crippen molar-refractivity contribution in [2.24, 2.45) is 5.92 Å². The van der Waals surface area contributed by atoms with Crippen LogP contribution in [-0.2, 0) is 6.42 Å². The molecule has 5 nitrogen and oxygen atoms in total. The minimum absolute atomic E-state index is 0.0801. The summed E-state index contributed by atoms with van der Waals surface area (Å²) in [6, 6.07) is 13.7.